The molecule has 4 heteroatoms. The predicted octanol–water partition coefficient (Wildman–Crippen LogP) is 1.03. The molecule has 0 saturated heterocycles. The third-order valence-corrected chi connectivity index (χ3v) is 2.07. The second-order valence-corrected chi connectivity index (χ2v) is 2.88. The molecule has 0 aliphatic carbocycles. The van der Waals surface area contributed by atoms with Crippen molar-refractivity contribution in [3.8, 4) is 0 Å². The van der Waals surface area contributed by atoms with Gasteiger partial charge in [0, 0.05) is 11.3 Å². The minimum Gasteiger partial charge on any atom is -0.464 e. The molecule has 2 rings (SSSR count). The number of methoxy groups -OCH3 is 1. The van der Waals surface area contributed by atoms with Crippen LogP contribution in [0.5, 0.6) is 0 Å². The van der Waals surface area contributed by atoms with Crippen LogP contribution in [0.4, 0.5) is 5.69 Å². The molecule has 1 heterocycles. The van der Waals surface area contributed by atoms with Crippen LogP contribution in [0.2, 0.25) is 0 Å². The van der Waals surface area contributed by atoms with Gasteiger partial charge < -0.3 is 10.1 Å². The van der Waals surface area contributed by atoms with Crippen molar-refractivity contribution in [1.82, 2.24) is 0 Å². The number of para-hydroxylation sites is 1. The number of rotatable bonds is 1. The first-order valence-corrected chi connectivity index (χ1v) is 4.29. The van der Waals surface area contributed by atoms with E-state index in [2.05, 4.69) is 15.0 Å². The molecule has 0 atom stereocenters. The quantitative estimate of drug-likeness (QED) is 0.673. The minimum atomic E-state index is -0.390. The van der Waals surface area contributed by atoms with E-state index in [1.807, 2.05) is 24.3 Å². The lowest BCUT2D eigenvalue weighted by Gasteiger charge is -2.16. The molecule has 0 radical (unpaired) electrons. The van der Waals surface area contributed by atoms with Gasteiger partial charge in [-0.25, -0.2) is 4.79 Å². The molecule has 1 aromatic carbocycles. The van der Waals surface area contributed by atoms with Crippen LogP contribution in [0.1, 0.15) is 5.56 Å². The van der Waals surface area contributed by atoms with Crippen LogP contribution < -0.4 is 5.32 Å². The maximum Gasteiger partial charge on any atom is 0.356 e. The lowest BCUT2D eigenvalue weighted by molar-refractivity contribution is -0.132. The SMILES string of the molecule is COC(=O)C1=NCNc2ccccc21. The first-order valence-electron chi connectivity index (χ1n) is 4.29. The molecule has 0 amide bonds. The van der Waals surface area contributed by atoms with E-state index < -0.39 is 0 Å². The maximum absolute atomic E-state index is 11.3. The van der Waals surface area contributed by atoms with Crippen molar-refractivity contribution >= 4 is 17.4 Å². The highest BCUT2D eigenvalue weighted by molar-refractivity contribution is 6.44. The van der Waals surface area contributed by atoms with Gasteiger partial charge in [-0.05, 0) is 6.07 Å². The lowest BCUT2D eigenvalue weighted by Crippen LogP contribution is -2.23. The van der Waals surface area contributed by atoms with E-state index in [0.717, 1.165) is 11.3 Å². The highest BCUT2D eigenvalue weighted by Crippen LogP contribution is 2.19. The molecule has 1 aliphatic heterocycles. The van der Waals surface area contributed by atoms with Gasteiger partial charge in [0.15, 0.2) is 5.71 Å². The molecule has 4 nitrogen and oxygen atoms in total. The van der Waals surface area contributed by atoms with Gasteiger partial charge in [-0.1, -0.05) is 18.2 Å². The Kier molecular flexibility index (Phi) is 2.18. The number of benzene rings is 1. The molecule has 0 unspecified atom stereocenters. The smallest absolute Gasteiger partial charge is 0.356 e. The summed E-state index contributed by atoms with van der Waals surface area (Å²) in [6, 6.07) is 7.53. The Balaban J connectivity index is 2.45. The van der Waals surface area contributed by atoms with Gasteiger partial charge in [-0.3, -0.25) is 4.99 Å². The van der Waals surface area contributed by atoms with Gasteiger partial charge in [-0.2, -0.15) is 0 Å². The zero-order valence-electron chi connectivity index (χ0n) is 7.78. The number of hydrogen-bond acceptors (Lipinski definition) is 4. The summed E-state index contributed by atoms with van der Waals surface area (Å²) in [5.74, 6) is -0.390. The average molecular weight is 190 g/mol. The van der Waals surface area contributed by atoms with Crippen LogP contribution in [-0.4, -0.2) is 25.5 Å². The van der Waals surface area contributed by atoms with Crippen LogP contribution >= 0.6 is 0 Å². The molecule has 0 bridgehead atoms. The largest absolute Gasteiger partial charge is 0.464 e. The molecule has 0 spiro atoms. The van der Waals surface area contributed by atoms with Gasteiger partial charge in [0.25, 0.3) is 0 Å². The number of carbonyl (C=O) groups is 1. The fraction of sp³-hybridized carbons (Fsp3) is 0.200. The number of anilines is 1. The summed E-state index contributed by atoms with van der Waals surface area (Å²) in [6.07, 6.45) is 0. The molecule has 1 aliphatic rings. The van der Waals surface area contributed by atoms with Crippen LogP contribution in [0.25, 0.3) is 0 Å². The van der Waals surface area contributed by atoms with Crippen molar-refractivity contribution in [2.24, 2.45) is 4.99 Å². The summed E-state index contributed by atoms with van der Waals surface area (Å²) in [5, 5.41) is 3.08. The van der Waals surface area contributed by atoms with Crippen LogP contribution in [-0.2, 0) is 9.53 Å². The number of carbonyl (C=O) groups excluding carboxylic acids is 1. The number of ether oxygens (including phenoxy) is 1. The summed E-state index contributed by atoms with van der Waals surface area (Å²) >= 11 is 0. The first-order chi connectivity index (χ1) is 6.83. The van der Waals surface area contributed by atoms with Crippen molar-refractivity contribution in [2.75, 3.05) is 19.1 Å². The van der Waals surface area contributed by atoms with Crippen molar-refractivity contribution in [3.63, 3.8) is 0 Å². The van der Waals surface area contributed by atoms with E-state index in [1.165, 1.54) is 7.11 Å². The third-order valence-electron chi connectivity index (χ3n) is 2.07. The molecular formula is C10H10N2O2. The molecule has 0 fully saturated rings. The maximum atomic E-state index is 11.3. The number of fused-ring (bicyclic) bond motifs is 1. The van der Waals surface area contributed by atoms with Gasteiger partial charge >= 0.3 is 5.97 Å². The monoisotopic (exact) mass is 190 g/mol. The lowest BCUT2D eigenvalue weighted by atomic mass is 10.1. The highest BCUT2D eigenvalue weighted by Gasteiger charge is 2.19. The fourth-order valence-corrected chi connectivity index (χ4v) is 1.40. The van der Waals surface area contributed by atoms with Gasteiger partial charge in [0.1, 0.15) is 6.67 Å². The van der Waals surface area contributed by atoms with E-state index in [9.17, 15) is 4.79 Å². The molecule has 1 aromatic rings. The van der Waals surface area contributed by atoms with Crippen molar-refractivity contribution in [1.29, 1.82) is 0 Å². The third kappa shape index (κ3) is 1.35. The molecule has 72 valence electrons. The Morgan fingerprint density at radius 3 is 3.07 bits per heavy atom. The molecule has 0 aromatic heterocycles. The summed E-state index contributed by atoms with van der Waals surface area (Å²) in [5.41, 5.74) is 2.11. The predicted molar refractivity (Wildman–Crippen MR) is 53.5 cm³/mol. The first kappa shape index (κ1) is 8.74. The number of esters is 1. The van der Waals surface area contributed by atoms with Crippen molar-refractivity contribution < 1.29 is 9.53 Å². The number of hydrogen-bond donors (Lipinski definition) is 1. The Morgan fingerprint density at radius 2 is 2.29 bits per heavy atom. The Bertz CT molecular complexity index is 399. The molecular weight excluding hydrogens is 180 g/mol. The second-order valence-electron chi connectivity index (χ2n) is 2.88. The van der Waals surface area contributed by atoms with E-state index in [4.69, 9.17) is 0 Å². The average Bonchev–Trinajstić information content (AvgIpc) is 2.27. The second kappa shape index (κ2) is 3.49. The molecule has 14 heavy (non-hydrogen) atoms. The molecule has 1 N–H and O–H groups in total. The van der Waals surface area contributed by atoms with Crippen molar-refractivity contribution in [3.05, 3.63) is 29.8 Å². The van der Waals surface area contributed by atoms with Gasteiger partial charge in [0.2, 0.25) is 0 Å². The Labute approximate surface area is 81.6 Å². The zero-order valence-corrected chi connectivity index (χ0v) is 7.78. The Morgan fingerprint density at radius 1 is 1.50 bits per heavy atom. The normalized spacial score (nSPS) is 13.6. The summed E-state index contributed by atoms with van der Waals surface area (Å²) in [4.78, 5) is 15.4. The van der Waals surface area contributed by atoms with E-state index in [0.29, 0.717) is 12.4 Å². The topological polar surface area (TPSA) is 50.7 Å². The number of aliphatic imine (C=N–C) groups is 1. The summed E-state index contributed by atoms with van der Waals surface area (Å²) in [7, 11) is 1.36. The van der Waals surface area contributed by atoms with Gasteiger partial charge in [0.05, 0.1) is 7.11 Å². The van der Waals surface area contributed by atoms with Crippen LogP contribution in [0.3, 0.4) is 0 Å². The number of nitrogens with zero attached hydrogens (tertiary/aromatic N) is 1. The minimum absolute atomic E-state index is 0.390. The number of nitrogens with one attached hydrogen (secondary N) is 1. The summed E-state index contributed by atoms with van der Waals surface area (Å²) < 4.78 is 4.65. The van der Waals surface area contributed by atoms with Crippen LogP contribution in [0.15, 0.2) is 29.3 Å². The summed E-state index contributed by atoms with van der Waals surface area (Å²) in [6.45, 7) is 0.418. The Hall–Kier alpha value is -1.84. The van der Waals surface area contributed by atoms with Crippen molar-refractivity contribution in [2.45, 2.75) is 0 Å². The van der Waals surface area contributed by atoms with E-state index in [1.54, 1.807) is 0 Å². The van der Waals surface area contributed by atoms with E-state index in [-0.39, 0.29) is 5.97 Å². The molecule has 0 saturated carbocycles. The highest BCUT2D eigenvalue weighted by atomic mass is 16.5. The van der Waals surface area contributed by atoms with Crippen LogP contribution in [0, 0.1) is 0 Å². The zero-order chi connectivity index (χ0) is 9.97. The van der Waals surface area contributed by atoms with Gasteiger partial charge in [-0.15, -0.1) is 0 Å². The standard InChI is InChI=1S/C10H10N2O2/c1-14-10(13)9-7-4-2-3-5-8(7)11-6-12-9/h2-5,11H,6H2,1H3. The fourth-order valence-electron chi connectivity index (χ4n) is 1.40. The van der Waals surface area contributed by atoms with E-state index >= 15 is 0 Å².